The monoisotopic (exact) mass is 348 g/mol. The van der Waals surface area contributed by atoms with Crippen LogP contribution in [0.4, 0.5) is 11.4 Å². The fourth-order valence-corrected chi connectivity index (χ4v) is 4.25. The molecule has 0 aromatic heterocycles. The highest BCUT2D eigenvalue weighted by molar-refractivity contribution is 5.68. The van der Waals surface area contributed by atoms with Crippen LogP contribution in [-0.2, 0) is 0 Å². The number of nitrogens with one attached hydrogen (secondary N) is 1. The van der Waals surface area contributed by atoms with Crippen molar-refractivity contribution >= 4 is 11.4 Å². The van der Waals surface area contributed by atoms with Gasteiger partial charge in [-0.3, -0.25) is 0 Å². The molecule has 4 rings (SSSR count). The van der Waals surface area contributed by atoms with E-state index in [9.17, 15) is 0 Å². The Morgan fingerprint density at radius 2 is 1.85 bits per heavy atom. The van der Waals surface area contributed by atoms with Crippen LogP contribution >= 0.6 is 0 Å². The average Bonchev–Trinajstić information content (AvgIpc) is 3.11. The van der Waals surface area contributed by atoms with Crippen molar-refractivity contribution in [3.63, 3.8) is 0 Å². The molecule has 136 valence electrons. The van der Waals surface area contributed by atoms with E-state index in [2.05, 4.69) is 92.8 Å². The highest BCUT2D eigenvalue weighted by atomic mass is 16.5. The van der Waals surface area contributed by atoms with E-state index in [1.807, 2.05) is 0 Å². The maximum Gasteiger partial charge on any atom is 0.143 e. The predicted molar refractivity (Wildman–Crippen MR) is 109 cm³/mol. The van der Waals surface area contributed by atoms with Crippen molar-refractivity contribution in [3.8, 4) is 5.75 Å². The van der Waals surface area contributed by atoms with E-state index < -0.39 is 0 Å². The number of para-hydroxylation sites is 1. The first-order chi connectivity index (χ1) is 12.5. The molecule has 3 heteroatoms. The van der Waals surface area contributed by atoms with Gasteiger partial charge in [0, 0.05) is 25.7 Å². The lowest BCUT2D eigenvalue weighted by Crippen LogP contribution is -2.29. The molecular weight excluding hydrogens is 320 g/mol. The molecule has 0 radical (unpaired) electrons. The Hall–Kier alpha value is -2.42. The highest BCUT2D eigenvalue weighted by Gasteiger charge is 2.39. The Labute approximate surface area is 156 Å². The molecule has 3 unspecified atom stereocenters. The van der Waals surface area contributed by atoms with E-state index in [0.717, 1.165) is 17.9 Å². The SMILES string of the molecule is CC(C)Oc1cccc2c1NC(c1ccc(N(C)C)cc1)C1CC=CC21. The number of rotatable bonds is 4. The molecule has 2 aliphatic rings. The predicted octanol–water partition coefficient (Wildman–Crippen LogP) is 5.37. The molecular formula is C23H28N2O. The number of allylic oxidation sites excluding steroid dienone is 2. The molecule has 1 heterocycles. The van der Waals surface area contributed by atoms with Crippen LogP contribution < -0.4 is 15.0 Å². The summed E-state index contributed by atoms with van der Waals surface area (Å²) in [5.74, 6) is 1.98. The van der Waals surface area contributed by atoms with Gasteiger partial charge in [0.15, 0.2) is 0 Å². The number of nitrogens with zero attached hydrogens (tertiary/aromatic N) is 1. The van der Waals surface area contributed by atoms with E-state index in [-0.39, 0.29) is 6.10 Å². The third-order valence-corrected chi connectivity index (χ3v) is 5.49. The smallest absolute Gasteiger partial charge is 0.143 e. The summed E-state index contributed by atoms with van der Waals surface area (Å²) in [4.78, 5) is 2.14. The molecule has 2 aromatic carbocycles. The van der Waals surface area contributed by atoms with Crippen LogP contribution in [0.2, 0.25) is 0 Å². The van der Waals surface area contributed by atoms with Crippen molar-refractivity contribution in [2.45, 2.75) is 38.3 Å². The van der Waals surface area contributed by atoms with Crippen LogP contribution in [0, 0.1) is 5.92 Å². The van der Waals surface area contributed by atoms with Gasteiger partial charge in [0.2, 0.25) is 0 Å². The van der Waals surface area contributed by atoms with Crippen LogP contribution in [0.5, 0.6) is 5.75 Å². The summed E-state index contributed by atoms with van der Waals surface area (Å²) in [6, 6.07) is 15.7. The number of anilines is 2. The Bertz CT molecular complexity index is 807. The Morgan fingerprint density at radius 1 is 1.08 bits per heavy atom. The van der Waals surface area contributed by atoms with Gasteiger partial charge in [0.1, 0.15) is 5.75 Å². The molecule has 0 spiro atoms. The molecule has 3 nitrogen and oxygen atoms in total. The van der Waals surface area contributed by atoms with E-state index >= 15 is 0 Å². The zero-order valence-electron chi connectivity index (χ0n) is 16.1. The minimum atomic E-state index is 0.165. The second-order valence-electron chi connectivity index (χ2n) is 7.85. The first kappa shape index (κ1) is 17.0. The van der Waals surface area contributed by atoms with Crippen molar-refractivity contribution in [1.29, 1.82) is 0 Å². The maximum atomic E-state index is 6.10. The molecule has 0 saturated carbocycles. The molecule has 26 heavy (non-hydrogen) atoms. The van der Waals surface area contributed by atoms with Crippen LogP contribution in [0.1, 0.15) is 43.4 Å². The highest BCUT2D eigenvalue weighted by Crippen LogP contribution is 2.52. The second kappa shape index (κ2) is 6.71. The van der Waals surface area contributed by atoms with E-state index in [4.69, 9.17) is 4.74 Å². The molecule has 3 atom stereocenters. The number of fused-ring (bicyclic) bond motifs is 3. The van der Waals surface area contributed by atoms with E-state index in [1.54, 1.807) is 0 Å². The maximum absolute atomic E-state index is 6.10. The lowest BCUT2D eigenvalue weighted by atomic mass is 9.77. The minimum absolute atomic E-state index is 0.165. The van der Waals surface area contributed by atoms with Crippen LogP contribution in [-0.4, -0.2) is 20.2 Å². The van der Waals surface area contributed by atoms with Crippen LogP contribution in [0.15, 0.2) is 54.6 Å². The second-order valence-corrected chi connectivity index (χ2v) is 7.85. The summed E-state index contributed by atoms with van der Waals surface area (Å²) in [6.07, 6.45) is 6.00. The number of benzene rings is 2. The normalized spacial score (nSPS) is 23.3. The largest absolute Gasteiger partial charge is 0.489 e. The third-order valence-electron chi connectivity index (χ3n) is 5.49. The molecule has 2 aromatic rings. The van der Waals surface area contributed by atoms with Crippen LogP contribution in [0.3, 0.4) is 0 Å². The minimum Gasteiger partial charge on any atom is -0.489 e. The fraction of sp³-hybridized carbons (Fsp3) is 0.391. The standard InChI is InChI=1S/C23H28N2O/c1-15(2)26-21-10-6-9-20-18-7-5-8-19(18)22(24-23(20)21)16-11-13-17(14-12-16)25(3)4/h5-7,9-15,18-19,22,24H,8H2,1-4H3. The molecule has 0 saturated heterocycles. The van der Waals surface area contributed by atoms with Gasteiger partial charge in [-0.15, -0.1) is 0 Å². The summed E-state index contributed by atoms with van der Waals surface area (Å²) in [7, 11) is 4.16. The fourth-order valence-electron chi connectivity index (χ4n) is 4.25. The molecule has 1 aliphatic carbocycles. The number of hydrogen-bond donors (Lipinski definition) is 1. The van der Waals surface area contributed by atoms with Gasteiger partial charge in [-0.25, -0.2) is 0 Å². The molecule has 1 aliphatic heterocycles. The first-order valence-corrected chi connectivity index (χ1v) is 9.54. The molecule has 0 fully saturated rings. The van der Waals surface area contributed by atoms with Crippen molar-refractivity contribution in [2.24, 2.45) is 5.92 Å². The molecule has 0 amide bonds. The Kier molecular flexibility index (Phi) is 4.39. The van der Waals surface area contributed by atoms with E-state index in [0.29, 0.717) is 17.9 Å². The zero-order chi connectivity index (χ0) is 18.3. The molecule has 0 bridgehead atoms. The zero-order valence-corrected chi connectivity index (χ0v) is 16.1. The summed E-state index contributed by atoms with van der Waals surface area (Å²) in [5.41, 5.74) is 5.10. The van der Waals surface area contributed by atoms with Gasteiger partial charge in [-0.2, -0.15) is 0 Å². The third kappa shape index (κ3) is 2.96. The number of ether oxygens (including phenoxy) is 1. The van der Waals surface area contributed by atoms with Crippen LogP contribution in [0.25, 0.3) is 0 Å². The van der Waals surface area contributed by atoms with Crippen molar-refractivity contribution < 1.29 is 4.74 Å². The Morgan fingerprint density at radius 3 is 2.54 bits per heavy atom. The average molecular weight is 348 g/mol. The van der Waals surface area contributed by atoms with Gasteiger partial charge in [0.25, 0.3) is 0 Å². The summed E-state index contributed by atoms with van der Waals surface area (Å²) < 4.78 is 6.10. The summed E-state index contributed by atoms with van der Waals surface area (Å²) >= 11 is 0. The lowest BCUT2D eigenvalue weighted by molar-refractivity contribution is 0.242. The Balaban J connectivity index is 1.73. The quantitative estimate of drug-likeness (QED) is 0.752. The summed E-state index contributed by atoms with van der Waals surface area (Å²) in [5, 5.41) is 3.83. The van der Waals surface area contributed by atoms with Crippen molar-refractivity contribution in [2.75, 3.05) is 24.3 Å². The van der Waals surface area contributed by atoms with Crippen molar-refractivity contribution in [1.82, 2.24) is 0 Å². The van der Waals surface area contributed by atoms with E-state index in [1.165, 1.54) is 16.8 Å². The topological polar surface area (TPSA) is 24.5 Å². The van der Waals surface area contributed by atoms with Gasteiger partial charge in [-0.05, 0) is 55.5 Å². The lowest BCUT2D eigenvalue weighted by Gasteiger charge is -2.38. The van der Waals surface area contributed by atoms with Gasteiger partial charge >= 0.3 is 0 Å². The first-order valence-electron chi connectivity index (χ1n) is 9.54. The van der Waals surface area contributed by atoms with Gasteiger partial charge in [-0.1, -0.05) is 36.4 Å². The van der Waals surface area contributed by atoms with Gasteiger partial charge < -0.3 is 15.0 Å². The molecule has 1 N–H and O–H groups in total. The van der Waals surface area contributed by atoms with Gasteiger partial charge in [0.05, 0.1) is 17.8 Å². The van der Waals surface area contributed by atoms with Crippen molar-refractivity contribution in [3.05, 3.63) is 65.7 Å². The summed E-state index contributed by atoms with van der Waals surface area (Å²) in [6.45, 7) is 4.16. The number of hydrogen-bond acceptors (Lipinski definition) is 3.